The van der Waals surface area contributed by atoms with Gasteiger partial charge in [0, 0.05) is 0 Å². The molecule has 0 saturated heterocycles. The molecule has 0 atom stereocenters. The van der Waals surface area contributed by atoms with Crippen LogP contribution in [0.25, 0.3) is 0 Å². The highest BCUT2D eigenvalue weighted by molar-refractivity contribution is 4.58. The summed E-state index contributed by atoms with van der Waals surface area (Å²) in [5.74, 6) is 0. The molecule has 0 heteroatoms. The summed E-state index contributed by atoms with van der Waals surface area (Å²) in [7, 11) is 0. The van der Waals surface area contributed by atoms with E-state index in [2.05, 4.69) is 55.4 Å². The molecule has 0 bridgehead atoms. The first-order valence-electron chi connectivity index (χ1n) is 7.06. The summed E-state index contributed by atoms with van der Waals surface area (Å²) < 4.78 is 0. The lowest BCUT2D eigenvalue weighted by Gasteiger charge is -2.15. The molecule has 17 heavy (non-hydrogen) atoms. The first-order valence-corrected chi connectivity index (χ1v) is 7.06. The molecular weight excluding hydrogens is 204 g/mol. The molecular formula is C17H44. The summed E-state index contributed by atoms with van der Waals surface area (Å²) in [5, 5.41) is 0. The maximum absolute atomic E-state index is 2.27. The van der Waals surface area contributed by atoms with E-state index in [9.17, 15) is 0 Å². The summed E-state index contributed by atoms with van der Waals surface area (Å²) in [6, 6.07) is 0. The van der Waals surface area contributed by atoms with Crippen LogP contribution in [0.2, 0.25) is 0 Å². The van der Waals surface area contributed by atoms with E-state index >= 15 is 0 Å². The van der Waals surface area contributed by atoms with Crippen molar-refractivity contribution in [2.45, 2.75) is 103 Å². The van der Waals surface area contributed by atoms with Crippen LogP contribution in [-0.2, 0) is 0 Å². The van der Waals surface area contributed by atoms with Gasteiger partial charge in [0.1, 0.15) is 0 Å². The maximum Gasteiger partial charge on any atom is -0.0383 e. The molecule has 0 aliphatic heterocycles. The maximum atomic E-state index is 2.27. The number of hydrogen-bond acceptors (Lipinski definition) is 0. The van der Waals surface area contributed by atoms with E-state index < -0.39 is 0 Å². The third-order valence-corrected chi connectivity index (χ3v) is 1.000. The van der Waals surface area contributed by atoms with Crippen LogP contribution in [0.15, 0.2) is 0 Å². The van der Waals surface area contributed by atoms with Crippen molar-refractivity contribution in [3.8, 4) is 0 Å². The van der Waals surface area contributed by atoms with Gasteiger partial charge < -0.3 is 0 Å². The lowest BCUT2D eigenvalue weighted by atomic mass is 9.91. The average Bonchev–Trinajstić information content (AvgIpc) is 2.06. The fourth-order valence-corrected chi connectivity index (χ4v) is 0.750. The van der Waals surface area contributed by atoms with E-state index in [-0.39, 0.29) is 7.43 Å². The molecule has 0 aromatic heterocycles. The summed E-state index contributed by atoms with van der Waals surface area (Å²) >= 11 is 0. The van der Waals surface area contributed by atoms with Crippen LogP contribution < -0.4 is 0 Å². The average molecular weight is 249 g/mol. The first kappa shape index (κ1) is 30.2. The zero-order valence-corrected chi connectivity index (χ0v) is 14.4. The normalized spacial score (nSPS) is 9.18. The van der Waals surface area contributed by atoms with E-state index in [1.54, 1.807) is 0 Å². The van der Waals surface area contributed by atoms with Gasteiger partial charge in [0.05, 0.1) is 0 Å². The van der Waals surface area contributed by atoms with Crippen LogP contribution in [0.5, 0.6) is 0 Å². The Morgan fingerprint density at radius 1 is 0.647 bits per heavy atom. The highest BCUT2D eigenvalue weighted by Crippen LogP contribution is 2.19. The lowest BCUT2D eigenvalue weighted by Crippen LogP contribution is -2.02. The quantitative estimate of drug-likeness (QED) is 0.449. The van der Waals surface area contributed by atoms with E-state index in [0.717, 1.165) is 0 Å². The van der Waals surface area contributed by atoms with Crippen LogP contribution in [-0.4, -0.2) is 0 Å². The molecule has 0 spiro atoms. The van der Waals surface area contributed by atoms with Crippen molar-refractivity contribution < 1.29 is 0 Å². The monoisotopic (exact) mass is 248 g/mol. The first-order chi connectivity index (χ1) is 7.06. The Balaban J connectivity index is -0.0000000427. The van der Waals surface area contributed by atoms with Gasteiger partial charge in [0.25, 0.3) is 0 Å². The summed E-state index contributed by atoms with van der Waals surface area (Å²) in [6.07, 6.45) is 2.65. The van der Waals surface area contributed by atoms with Crippen LogP contribution in [0.1, 0.15) is 103 Å². The topological polar surface area (TPSA) is 0 Å². The Bertz CT molecular complexity index is 81.6. The molecule has 112 valence electrons. The van der Waals surface area contributed by atoms with Gasteiger partial charge in [-0.05, 0) is 17.3 Å². The molecule has 0 amide bonds. The Kier molecular flexibility index (Phi) is 32.7. The molecule has 0 radical (unpaired) electrons. The van der Waals surface area contributed by atoms with Gasteiger partial charge in [-0.3, -0.25) is 0 Å². The summed E-state index contributed by atoms with van der Waals surface area (Å²) in [5.41, 5.74) is 1.05. The smallest absolute Gasteiger partial charge is 0.0383 e. The van der Waals surface area contributed by atoms with Gasteiger partial charge in [-0.1, -0.05) is 96.9 Å². The SMILES string of the molecule is C.CC.CC.CC(C)(C)C.CCCC(C)(C)C. The van der Waals surface area contributed by atoms with Crippen molar-refractivity contribution in [1.82, 2.24) is 0 Å². The molecule has 0 aromatic carbocycles. The van der Waals surface area contributed by atoms with E-state index in [1.165, 1.54) is 12.8 Å². The summed E-state index contributed by atoms with van der Waals surface area (Å²) in [6.45, 7) is 25.8. The molecule has 0 nitrogen and oxygen atoms in total. The lowest BCUT2D eigenvalue weighted by molar-refractivity contribution is 0.373. The largest absolute Gasteiger partial charge is 0.0776 e. The number of hydrogen-bond donors (Lipinski definition) is 0. The molecule has 0 heterocycles. The second-order valence-corrected chi connectivity index (χ2v) is 6.31. The number of rotatable bonds is 1. The fraction of sp³-hybridized carbons (Fsp3) is 1.00. The minimum Gasteiger partial charge on any atom is -0.0776 e. The van der Waals surface area contributed by atoms with Crippen molar-refractivity contribution in [2.24, 2.45) is 10.8 Å². The van der Waals surface area contributed by atoms with Crippen molar-refractivity contribution in [2.75, 3.05) is 0 Å². The van der Waals surface area contributed by atoms with Crippen molar-refractivity contribution in [3.05, 3.63) is 0 Å². The molecule has 0 N–H and O–H groups in total. The van der Waals surface area contributed by atoms with Gasteiger partial charge in [0.2, 0.25) is 0 Å². The highest BCUT2D eigenvalue weighted by atomic mass is 14.1. The molecule has 0 unspecified atom stereocenters. The zero-order chi connectivity index (χ0) is 14.4. The third kappa shape index (κ3) is 196. The van der Waals surface area contributed by atoms with Crippen molar-refractivity contribution >= 4 is 0 Å². The van der Waals surface area contributed by atoms with E-state index in [1.807, 2.05) is 27.7 Å². The van der Waals surface area contributed by atoms with Gasteiger partial charge in [-0.25, -0.2) is 0 Å². The zero-order valence-electron chi connectivity index (χ0n) is 14.4. The third-order valence-electron chi connectivity index (χ3n) is 1.000. The van der Waals surface area contributed by atoms with E-state index in [0.29, 0.717) is 10.8 Å². The molecule has 0 aliphatic carbocycles. The minimum absolute atomic E-state index is 0. The Labute approximate surface area is 115 Å². The van der Waals surface area contributed by atoms with Gasteiger partial charge >= 0.3 is 0 Å². The summed E-state index contributed by atoms with van der Waals surface area (Å²) in [4.78, 5) is 0. The molecule has 0 fully saturated rings. The predicted molar refractivity (Wildman–Crippen MR) is 88.9 cm³/mol. The second kappa shape index (κ2) is 18.4. The van der Waals surface area contributed by atoms with Crippen LogP contribution in [0.3, 0.4) is 0 Å². The fourth-order valence-electron chi connectivity index (χ4n) is 0.750. The van der Waals surface area contributed by atoms with Crippen LogP contribution >= 0.6 is 0 Å². The van der Waals surface area contributed by atoms with Gasteiger partial charge in [-0.2, -0.15) is 0 Å². The van der Waals surface area contributed by atoms with E-state index in [4.69, 9.17) is 0 Å². The Hall–Kier alpha value is 0. The van der Waals surface area contributed by atoms with Gasteiger partial charge in [-0.15, -0.1) is 0 Å². The molecule has 0 saturated carbocycles. The predicted octanol–water partition coefficient (Wildman–Crippen LogP) is 7.57. The molecule has 0 rings (SSSR count). The van der Waals surface area contributed by atoms with Crippen LogP contribution in [0.4, 0.5) is 0 Å². The highest BCUT2D eigenvalue weighted by Gasteiger charge is 2.06. The van der Waals surface area contributed by atoms with Crippen LogP contribution in [0, 0.1) is 10.8 Å². The Morgan fingerprint density at radius 3 is 0.824 bits per heavy atom. The Morgan fingerprint density at radius 2 is 0.824 bits per heavy atom. The second-order valence-electron chi connectivity index (χ2n) is 6.31. The minimum atomic E-state index is 0. The molecule has 0 aromatic rings. The van der Waals surface area contributed by atoms with Gasteiger partial charge in [0.15, 0.2) is 0 Å². The molecule has 0 aliphatic rings. The van der Waals surface area contributed by atoms with Crippen molar-refractivity contribution in [1.29, 1.82) is 0 Å². The standard InChI is InChI=1S/C7H16.C5H12.2C2H6.CH4/c1-5-6-7(2,3)4;1-5(2,3)4;2*1-2;/h5-6H2,1-4H3;1-4H3;2*1-2H3;1H4. The van der Waals surface area contributed by atoms with Crippen molar-refractivity contribution in [3.63, 3.8) is 0 Å².